The molecule has 0 fully saturated rings. The number of aromatic nitrogens is 5. The lowest BCUT2D eigenvalue weighted by atomic mass is 10.0. The number of hydrogen-bond acceptors (Lipinski definition) is 4. The van der Waals surface area contributed by atoms with E-state index in [2.05, 4.69) is 32.2 Å². The van der Waals surface area contributed by atoms with E-state index in [0.29, 0.717) is 16.8 Å². The first-order chi connectivity index (χ1) is 17.3. The first-order valence-electron chi connectivity index (χ1n) is 10.7. The first-order valence-corrected chi connectivity index (χ1v) is 10.7. The number of rotatable bonds is 3. The number of nitrogens with one attached hydrogen (secondary N) is 1. The summed E-state index contributed by atoms with van der Waals surface area (Å²) in [6, 6.07) is 10.0. The first kappa shape index (κ1) is 22.9. The monoisotopic (exact) mass is 486 g/mol. The third-order valence-corrected chi connectivity index (χ3v) is 5.42. The summed E-state index contributed by atoms with van der Waals surface area (Å²) >= 11 is 0. The highest BCUT2D eigenvalue weighted by molar-refractivity contribution is 6.04. The molecule has 178 valence electrons. The highest BCUT2D eigenvalue weighted by Gasteiger charge is 2.31. The number of carbonyl (C=O) groups is 1. The molecular weight excluding hydrogens is 469 g/mol. The molecule has 5 rings (SSSR count). The lowest BCUT2D eigenvalue weighted by Crippen LogP contribution is -2.14. The third kappa shape index (κ3) is 4.67. The standard InChI is InChI=1S/C26H17F3N6O/c1-17-3-4-19(11-18(17)5-6-20-15-32-35-9-2-7-31-24(20)35)25(36)33-22-12-21(26(27,28)29)13-23(14-22)34-10-8-30-16-34/h2-4,7-16H,1H3,(H,33,36). The minimum Gasteiger partial charge on any atom is -0.322 e. The maximum absolute atomic E-state index is 13.5. The maximum atomic E-state index is 13.5. The average Bonchev–Trinajstić information content (AvgIpc) is 3.53. The van der Waals surface area contributed by atoms with Gasteiger partial charge in [0.2, 0.25) is 0 Å². The molecule has 0 unspecified atom stereocenters. The van der Waals surface area contributed by atoms with Crippen molar-refractivity contribution in [2.24, 2.45) is 0 Å². The Morgan fingerprint density at radius 3 is 2.64 bits per heavy atom. The summed E-state index contributed by atoms with van der Waals surface area (Å²) in [7, 11) is 0. The topological polar surface area (TPSA) is 77.1 Å². The Morgan fingerprint density at radius 1 is 1.03 bits per heavy atom. The number of alkyl halides is 3. The van der Waals surface area contributed by atoms with Gasteiger partial charge < -0.3 is 9.88 Å². The molecule has 3 heterocycles. The van der Waals surface area contributed by atoms with E-state index >= 15 is 0 Å². The van der Waals surface area contributed by atoms with Crippen LogP contribution in [0.4, 0.5) is 18.9 Å². The van der Waals surface area contributed by atoms with Crippen LogP contribution in [0.3, 0.4) is 0 Å². The number of fused-ring (bicyclic) bond motifs is 1. The van der Waals surface area contributed by atoms with Crippen LogP contribution in [-0.2, 0) is 6.18 Å². The molecule has 2 aromatic carbocycles. The van der Waals surface area contributed by atoms with Gasteiger partial charge in [-0.3, -0.25) is 4.79 Å². The van der Waals surface area contributed by atoms with Gasteiger partial charge in [0.15, 0.2) is 5.65 Å². The number of amides is 1. The van der Waals surface area contributed by atoms with Gasteiger partial charge >= 0.3 is 6.18 Å². The Hall–Kier alpha value is -4.91. The highest BCUT2D eigenvalue weighted by Crippen LogP contribution is 2.33. The molecule has 0 atom stereocenters. The SMILES string of the molecule is Cc1ccc(C(=O)Nc2cc(-n3ccnc3)cc(C(F)(F)F)c2)cc1C#Cc1cnn2cccnc12. The molecule has 1 N–H and O–H groups in total. The lowest BCUT2D eigenvalue weighted by Gasteiger charge is -2.14. The minimum atomic E-state index is -4.59. The summed E-state index contributed by atoms with van der Waals surface area (Å²) in [4.78, 5) is 21.1. The van der Waals surface area contributed by atoms with Crippen molar-refractivity contribution in [3.8, 4) is 17.5 Å². The summed E-state index contributed by atoms with van der Waals surface area (Å²) in [5.41, 5.74) is 2.26. The number of carbonyl (C=O) groups excluding carboxylic acids is 1. The summed E-state index contributed by atoms with van der Waals surface area (Å²) in [5, 5.41) is 6.77. The highest BCUT2D eigenvalue weighted by atomic mass is 19.4. The van der Waals surface area contributed by atoms with Crippen molar-refractivity contribution < 1.29 is 18.0 Å². The number of benzene rings is 2. The number of anilines is 1. The van der Waals surface area contributed by atoms with Crippen LogP contribution in [0.25, 0.3) is 11.3 Å². The Bertz CT molecular complexity index is 1640. The van der Waals surface area contributed by atoms with Crippen molar-refractivity contribution in [2.45, 2.75) is 13.1 Å². The zero-order valence-corrected chi connectivity index (χ0v) is 18.8. The van der Waals surface area contributed by atoms with E-state index in [1.165, 1.54) is 29.4 Å². The van der Waals surface area contributed by atoms with E-state index in [-0.39, 0.29) is 16.9 Å². The van der Waals surface area contributed by atoms with Gasteiger partial charge in [0.05, 0.1) is 23.7 Å². The van der Waals surface area contributed by atoms with E-state index in [4.69, 9.17) is 0 Å². The molecule has 7 nitrogen and oxygen atoms in total. The molecule has 0 spiro atoms. The van der Waals surface area contributed by atoms with Gasteiger partial charge in [0.1, 0.15) is 0 Å². The van der Waals surface area contributed by atoms with Gasteiger partial charge in [-0.25, -0.2) is 14.5 Å². The van der Waals surface area contributed by atoms with Gasteiger partial charge in [-0.1, -0.05) is 17.9 Å². The van der Waals surface area contributed by atoms with Crippen molar-refractivity contribution in [3.63, 3.8) is 0 Å². The average molecular weight is 486 g/mol. The van der Waals surface area contributed by atoms with Crippen LogP contribution < -0.4 is 5.32 Å². The van der Waals surface area contributed by atoms with E-state index in [0.717, 1.165) is 17.7 Å². The third-order valence-electron chi connectivity index (χ3n) is 5.42. The van der Waals surface area contributed by atoms with E-state index in [1.807, 2.05) is 6.92 Å². The van der Waals surface area contributed by atoms with Crippen molar-refractivity contribution in [1.82, 2.24) is 24.1 Å². The fourth-order valence-electron chi connectivity index (χ4n) is 3.56. The number of nitrogens with zero attached hydrogens (tertiary/aromatic N) is 5. The lowest BCUT2D eigenvalue weighted by molar-refractivity contribution is -0.137. The minimum absolute atomic E-state index is 0.00385. The van der Waals surface area contributed by atoms with Crippen molar-refractivity contribution >= 4 is 17.2 Å². The smallest absolute Gasteiger partial charge is 0.322 e. The van der Waals surface area contributed by atoms with Crippen LogP contribution in [-0.4, -0.2) is 30.1 Å². The second kappa shape index (κ2) is 9.03. The largest absolute Gasteiger partial charge is 0.416 e. The van der Waals surface area contributed by atoms with Crippen molar-refractivity contribution in [1.29, 1.82) is 0 Å². The molecule has 0 saturated heterocycles. The van der Waals surface area contributed by atoms with Crippen LogP contribution in [0.5, 0.6) is 0 Å². The second-order valence-corrected chi connectivity index (χ2v) is 7.92. The Kier molecular flexibility index (Phi) is 5.74. The molecular formula is C26H17F3N6O. The molecule has 0 saturated carbocycles. The van der Waals surface area contributed by atoms with Crippen LogP contribution in [0, 0.1) is 18.8 Å². The fourth-order valence-corrected chi connectivity index (χ4v) is 3.56. The molecule has 10 heteroatoms. The van der Waals surface area contributed by atoms with Gasteiger partial charge in [-0.15, -0.1) is 0 Å². The molecule has 5 aromatic rings. The zero-order chi connectivity index (χ0) is 25.3. The number of halogens is 3. The van der Waals surface area contributed by atoms with Crippen LogP contribution in [0.2, 0.25) is 0 Å². The second-order valence-electron chi connectivity index (χ2n) is 7.92. The Labute approximate surface area is 203 Å². The van der Waals surface area contributed by atoms with E-state index in [9.17, 15) is 18.0 Å². The molecule has 3 aromatic heterocycles. The Morgan fingerprint density at radius 2 is 1.86 bits per heavy atom. The molecule has 1 amide bonds. The molecule has 0 radical (unpaired) electrons. The molecule has 0 bridgehead atoms. The van der Waals surface area contributed by atoms with E-state index < -0.39 is 17.6 Å². The summed E-state index contributed by atoms with van der Waals surface area (Å²) in [6.45, 7) is 1.85. The van der Waals surface area contributed by atoms with Crippen LogP contribution in [0.15, 0.2) is 79.8 Å². The number of hydrogen-bond donors (Lipinski definition) is 1. The predicted molar refractivity (Wildman–Crippen MR) is 127 cm³/mol. The van der Waals surface area contributed by atoms with Gasteiger partial charge in [0.25, 0.3) is 5.91 Å². The predicted octanol–water partition coefficient (Wildman–Crippen LogP) is 4.89. The molecule has 0 aliphatic rings. The van der Waals surface area contributed by atoms with Gasteiger partial charge in [0, 0.05) is 47.3 Å². The quantitative estimate of drug-likeness (QED) is 0.368. The zero-order valence-electron chi connectivity index (χ0n) is 18.8. The molecule has 36 heavy (non-hydrogen) atoms. The molecule has 0 aliphatic carbocycles. The summed E-state index contributed by atoms with van der Waals surface area (Å²) in [5.74, 6) is 5.50. The number of imidazole rings is 1. The Balaban J connectivity index is 1.44. The van der Waals surface area contributed by atoms with Gasteiger partial charge in [-0.2, -0.15) is 18.3 Å². The number of aryl methyl sites for hydroxylation is 1. The van der Waals surface area contributed by atoms with Crippen LogP contribution in [0.1, 0.15) is 32.6 Å². The van der Waals surface area contributed by atoms with Crippen molar-refractivity contribution in [2.75, 3.05) is 5.32 Å². The van der Waals surface area contributed by atoms with Crippen molar-refractivity contribution in [3.05, 3.63) is 108 Å². The van der Waals surface area contributed by atoms with Crippen LogP contribution >= 0.6 is 0 Å². The maximum Gasteiger partial charge on any atom is 0.416 e. The van der Waals surface area contributed by atoms with Gasteiger partial charge in [-0.05, 0) is 48.9 Å². The summed E-state index contributed by atoms with van der Waals surface area (Å²) in [6.07, 6.45) is 4.77. The summed E-state index contributed by atoms with van der Waals surface area (Å²) < 4.78 is 43.5. The van der Waals surface area contributed by atoms with E-state index in [1.54, 1.807) is 47.4 Å². The normalized spacial score (nSPS) is 11.2. The molecule has 0 aliphatic heterocycles. The fraction of sp³-hybridized carbons (Fsp3) is 0.0769.